The zero-order chi connectivity index (χ0) is 15.5. The minimum absolute atomic E-state index is 0.0996. The van der Waals surface area contributed by atoms with Crippen LogP contribution in [0.1, 0.15) is 46.0 Å². The van der Waals surface area contributed by atoms with Crippen LogP contribution >= 0.6 is 0 Å². The molecule has 21 heavy (non-hydrogen) atoms. The maximum Gasteiger partial charge on any atom is 0.238 e. The lowest BCUT2D eigenvalue weighted by Gasteiger charge is -2.32. The smallest absolute Gasteiger partial charge is 0.238 e. The third-order valence-corrected chi connectivity index (χ3v) is 6.49. The Labute approximate surface area is 127 Å². The number of nitrogens with one attached hydrogen (secondary N) is 2. The van der Waals surface area contributed by atoms with E-state index in [4.69, 9.17) is 0 Å². The molecule has 0 saturated carbocycles. The van der Waals surface area contributed by atoms with Crippen LogP contribution in [0.5, 0.6) is 0 Å². The summed E-state index contributed by atoms with van der Waals surface area (Å²) in [6, 6.07) is -0.178. The van der Waals surface area contributed by atoms with E-state index in [0.29, 0.717) is 19.4 Å². The maximum absolute atomic E-state index is 12.5. The van der Waals surface area contributed by atoms with E-state index < -0.39 is 16.1 Å². The highest BCUT2D eigenvalue weighted by Crippen LogP contribution is 2.22. The van der Waals surface area contributed by atoms with E-state index in [1.807, 2.05) is 6.92 Å². The number of nitrogens with zero attached hydrogens (tertiary/aromatic N) is 1. The number of carbonyl (C=O) groups excluding carboxylic acids is 1. The van der Waals surface area contributed by atoms with Gasteiger partial charge in [-0.25, -0.2) is 8.42 Å². The van der Waals surface area contributed by atoms with Gasteiger partial charge in [0, 0.05) is 18.6 Å². The summed E-state index contributed by atoms with van der Waals surface area (Å²) in [6.45, 7) is 5.36. The molecular formula is C14H27N3O3S. The maximum atomic E-state index is 12.5. The average molecular weight is 317 g/mol. The van der Waals surface area contributed by atoms with Crippen LogP contribution in [0.25, 0.3) is 0 Å². The fraction of sp³-hybridized carbons (Fsp3) is 0.929. The van der Waals surface area contributed by atoms with E-state index in [2.05, 4.69) is 17.6 Å². The molecule has 122 valence electrons. The van der Waals surface area contributed by atoms with Crippen LogP contribution in [0.4, 0.5) is 0 Å². The summed E-state index contributed by atoms with van der Waals surface area (Å²) in [7, 11) is -3.30. The molecule has 0 aromatic carbocycles. The molecule has 2 fully saturated rings. The molecule has 2 heterocycles. The average Bonchev–Trinajstić information content (AvgIpc) is 2.91. The van der Waals surface area contributed by atoms with Gasteiger partial charge in [0.15, 0.2) is 0 Å². The number of sulfonamides is 1. The molecule has 0 aromatic rings. The van der Waals surface area contributed by atoms with Crippen LogP contribution in [0.2, 0.25) is 0 Å². The molecule has 2 aliphatic rings. The zero-order valence-electron chi connectivity index (χ0n) is 13.0. The molecule has 3 unspecified atom stereocenters. The molecule has 3 atom stereocenters. The van der Waals surface area contributed by atoms with Crippen molar-refractivity contribution < 1.29 is 13.2 Å². The van der Waals surface area contributed by atoms with E-state index in [1.165, 1.54) is 4.31 Å². The summed E-state index contributed by atoms with van der Waals surface area (Å²) in [5.74, 6) is -0.00855. The van der Waals surface area contributed by atoms with Crippen molar-refractivity contribution in [3.63, 3.8) is 0 Å². The Hall–Kier alpha value is -0.660. The Bertz CT molecular complexity index is 466. The number of hydrogen-bond donors (Lipinski definition) is 2. The summed E-state index contributed by atoms with van der Waals surface area (Å²) in [5.41, 5.74) is 0. The summed E-state index contributed by atoms with van der Waals surface area (Å²) in [4.78, 5) is 12.5. The Morgan fingerprint density at radius 1 is 1.33 bits per heavy atom. The van der Waals surface area contributed by atoms with E-state index in [9.17, 15) is 13.2 Å². The normalized spacial score (nSPS) is 31.2. The SMILES string of the molecule is CCCS(=O)(=O)N1CCCC1C(=O)NC1CCCNC1C. The lowest BCUT2D eigenvalue weighted by Crippen LogP contribution is -2.56. The molecular weight excluding hydrogens is 290 g/mol. The summed E-state index contributed by atoms with van der Waals surface area (Å²) >= 11 is 0. The van der Waals surface area contributed by atoms with Crippen molar-refractivity contribution in [2.75, 3.05) is 18.8 Å². The second-order valence-corrected chi connectivity index (χ2v) is 8.13. The van der Waals surface area contributed by atoms with E-state index >= 15 is 0 Å². The van der Waals surface area contributed by atoms with Gasteiger partial charge in [0.05, 0.1) is 5.75 Å². The molecule has 2 N–H and O–H groups in total. The lowest BCUT2D eigenvalue weighted by atomic mass is 9.99. The van der Waals surface area contributed by atoms with Crippen LogP contribution in [-0.2, 0) is 14.8 Å². The van der Waals surface area contributed by atoms with Crippen molar-refractivity contribution in [3.05, 3.63) is 0 Å². The first-order valence-corrected chi connectivity index (χ1v) is 9.60. The number of rotatable bonds is 5. The second kappa shape index (κ2) is 7.07. The molecule has 2 rings (SSSR count). The molecule has 0 aliphatic carbocycles. The summed E-state index contributed by atoms with van der Waals surface area (Å²) in [5, 5.41) is 6.39. The molecule has 2 saturated heterocycles. The highest BCUT2D eigenvalue weighted by atomic mass is 32.2. The first kappa shape index (κ1) is 16.7. The number of amides is 1. The predicted molar refractivity (Wildman–Crippen MR) is 82.4 cm³/mol. The van der Waals surface area contributed by atoms with Gasteiger partial charge in [0.1, 0.15) is 6.04 Å². The van der Waals surface area contributed by atoms with E-state index in [-0.39, 0.29) is 23.7 Å². The Morgan fingerprint density at radius 3 is 2.76 bits per heavy atom. The quantitative estimate of drug-likeness (QED) is 0.771. The van der Waals surface area contributed by atoms with Crippen molar-refractivity contribution in [2.24, 2.45) is 0 Å². The van der Waals surface area contributed by atoms with Crippen molar-refractivity contribution in [1.82, 2.24) is 14.9 Å². The van der Waals surface area contributed by atoms with Crippen LogP contribution in [0.3, 0.4) is 0 Å². The predicted octanol–water partition coefficient (Wildman–Crippen LogP) is 0.447. The van der Waals surface area contributed by atoms with E-state index in [1.54, 1.807) is 0 Å². The number of piperidine rings is 1. The topological polar surface area (TPSA) is 78.5 Å². The molecule has 0 aromatic heterocycles. The Morgan fingerprint density at radius 2 is 2.10 bits per heavy atom. The van der Waals surface area contributed by atoms with Crippen LogP contribution < -0.4 is 10.6 Å². The van der Waals surface area contributed by atoms with Gasteiger partial charge in [0.25, 0.3) is 0 Å². The molecule has 0 radical (unpaired) electrons. The minimum atomic E-state index is -3.30. The first-order valence-electron chi connectivity index (χ1n) is 7.99. The molecule has 1 amide bonds. The molecule has 2 aliphatic heterocycles. The van der Waals surface area contributed by atoms with Gasteiger partial charge in [-0.15, -0.1) is 0 Å². The number of hydrogen-bond acceptors (Lipinski definition) is 4. The largest absolute Gasteiger partial charge is 0.350 e. The fourth-order valence-corrected chi connectivity index (χ4v) is 4.98. The van der Waals surface area contributed by atoms with Gasteiger partial charge in [-0.1, -0.05) is 6.92 Å². The minimum Gasteiger partial charge on any atom is -0.350 e. The number of carbonyl (C=O) groups is 1. The Balaban J connectivity index is 2.00. The van der Waals surface area contributed by atoms with Crippen molar-refractivity contribution >= 4 is 15.9 Å². The lowest BCUT2D eigenvalue weighted by molar-refractivity contribution is -0.125. The van der Waals surface area contributed by atoms with Crippen LogP contribution in [0, 0.1) is 0 Å². The molecule has 0 bridgehead atoms. The molecule has 0 spiro atoms. The third kappa shape index (κ3) is 3.96. The van der Waals surface area contributed by atoms with Crippen LogP contribution in [0.15, 0.2) is 0 Å². The van der Waals surface area contributed by atoms with Gasteiger partial charge >= 0.3 is 0 Å². The summed E-state index contributed by atoms with van der Waals surface area (Å²) in [6.07, 6.45) is 3.96. The van der Waals surface area contributed by atoms with Gasteiger partial charge in [0.2, 0.25) is 15.9 Å². The highest BCUT2D eigenvalue weighted by molar-refractivity contribution is 7.89. The fourth-order valence-electron chi connectivity index (χ4n) is 3.23. The van der Waals surface area contributed by atoms with Crippen molar-refractivity contribution in [1.29, 1.82) is 0 Å². The standard InChI is InChI=1S/C14H27N3O3S/c1-3-10-21(19,20)17-9-5-7-13(17)14(18)16-12-6-4-8-15-11(12)2/h11-13,15H,3-10H2,1-2H3,(H,16,18). The molecule has 6 nitrogen and oxygen atoms in total. The van der Waals surface area contributed by atoms with Gasteiger partial charge < -0.3 is 10.6 Å². The first-order chi connectivity index (χ1) is 9.95. The van der Waals surface area contributed by atoms with Gasteiger partial charge in [-0.3, -0.25) is 4.79 Å². The monoisotopic (exact) mass is 317 g/mol. The molecule has 7 heteroatoms. The van der Waals surface area contributed by atoms with E-state index in [0.717, 1.165) is 25.8 Å². The highest BCUT2D eigenvalue weighted by Gasteiger charge is 2.39. The van der Waals surface area contributed by atoms with Gasteiger partial charge in [-0.2, -0.15) is 4.31 Å². The second-order valence-electron chi connectivity index (χ2n) is 6.08. The third-order valence-electron chi connectivity index (χ3n) is 4.42. The zero-order valence-corrected chi connectivity index (χ0v) is 13.8. The van der Waals surface area contributed by atoms with Gasteiger partial charge in [-0.05, 0) is 45.6 Å². The summed E-state index contributed by atoms with van der Waals surface area (Å²) < 4.78 is 25.9. The Kier molecular flexibility index (Phi) is 5.62. The van der Waals surface area contributed by atoms with Crippen molar-refractivity contribution in [3.8, 4) is 0 Å². The van der Waals surface area contributed by atoms with Crippen LogP contribution in [-0.4, -0.2) is 55.6 Å². The van der Waals surface area contributed by atoms with Crippen molar-refractivity contribution in [2.45, 2.75) is 64.1 Å².